The van der Waals surface area contributed by atoms with Crippen molar-refractivity contribution in [2.45, 2.75) is 66.7 Å². The van der Waals surface area contributed by atoms with Crippen LogP contribution in [0.25, 0.3) is 0 Å². The van der Waals surface area contributed by atoms with Crippen LogP contribution >= 0.6 is 0 Å². The van der Waals surface area contributed by atoms with Crippen molar-refractivity contribution in [1.82, 2.24) is 0 Å². The average molecular weight is 265 g/mol. The number of hydrogen-bond acceptors (Lipinski definition) is 2. The molecule has 0 saturated heterocycles. The van der Waals surface area contributed by atoms with Gasteiger partial charge in [0.1, 0.15) is 0 Å². The second-order valence-electron chi connectivity index (χ2n) is 7.50. The van der Waals surface area contributed by atoms with E-state index in [1.807, 2.05) is 0 Å². The molecule has 0 spiro atoms. The number of hydrogen-bond donors (Lipinski definition) is 0. The summed E-state index contributed by atoms with van der Waals surface area (Å²) in [5.74, 6) is 1.44. The largest absolute Gasteiger partial charge is 0.381 e. The topological polar surface area (TPSA) is 33.0 Å². The van der Waals surface area contributed by atoms with Crippen molar-refractivity contribution in [2.75, 3.05) is 13.2 Å². The maximum Gasteiger partial charge on any atom is 0.0624 e. The van der Waals surface area contributed by atoms with Crippen LogP contribution in [0.15, 0.2) is 0 Å². The summed E-state index contributed by atoms with van der Waals surface area (Å²) in [6.45, 7) is 13.3. The summed E-state index contributed by atoms with van der Waals surface area (Å²) in [6.07, 6.45) is 5.58. The smallest absolute Gasteiger partial charge is 0.0624 e. The lowest BCUT2D eigenvalue weighted by molar-refractivity contribution is -0.0169. The summed E-state index contributed by atoms with van der Waals surface area (Å²) in [5, 5.41) is 8.75. The minimum atomic E-state index is 0.195. The van der Waals surface area contributed by atoms with Crippen LogP contribution < -0.4 is 0 Å². The maximum atomic E-state index is 8.75. The van der Waals surface area contributed by atoms with Gasteiger partial charge in [-0.05, 0) is 41.9 Å². The molecule has 0 aromatic rings. The molecule has 1 aliphatic rings. The zero-order valence-electron chi connectivity index (χ0n) is 13.5. The molecule has 0 amide bonds. The van der Waals surface area contributed by atoms with Crippen LogP contribution in [-0.2, 0) is 4.74 Å². The predicted octanol–water partition coefficient (Wildman–Crippen LogP) is 4.80. The lowest BCUT2D eigenvalue weighted by Gasteiger charge is -2.42. The van der Waals surface area contributed by atoms with Gasteiger partial charge in [-0.2, -0.15) is 5.26 Å². The number of rotatable bonds is 9. The Morgan fingerprint density at radius 2 is 1.84 bits per heavy atom. The highest BCUT2D eigenvalue weighted by atomic mass is 16.5. The van der Waals surface area contributed by atoms with E-state index >= 15 is 0 Å². The quantitative estimate of drug-likeness (QED) is 0.561. The second kappa shape index (κ2) is 6.75. The molecule has 1 saturated carbocycles. The predicted molar refractivity (Wildman–Crippen MR) is 79.7 cm³/mol. The normalized spacial score (nSPS) is 23.2. The summed E-state index contributed by atoms with van der Waals surface area (Å²) < 4.78 is 5.85. The summed E-state index contributed by atoms with van der Waals surface area (Å²) in [7, 11) is 0. The summed E-state index contributed by atoms with van der Waals surface area (Å²) in [4.78, 5) is 0. The van der Waals surface area contributed by atoms with Gasteiger partial charge in [-0.3, -0.25) is 0 Å². The molecule has 2 nitrogen and oxygen atoms in total. The van der Waals surface area contributed by atoms with Crippen LogP contribution in [0.4, 0.5) is 0 Å². The number of nitriles is 1. The van der Waals surface area contributed by atoms with Crippen molar-refractivity contribution in [1.29, 1.82) is 5.26 Å². The molecule has 0 heterocycles. The fraction of sp³-hybridized carbons (Fsp3) is 0.941. The van der Waals surface area contributed by atoms with E-state index < -0.39 is 0 Å². The third kappa shape index (κ3) is 4.80. The molecule has 1 fully saturated rings. The van der Waals surface area contributed by atoms with Gasteiger partial charge in [0.15, 0.2) is 0 Å². The molecule has 0 N–H and O–H groups in total. The van der Waals surface area contributed by atoms with Crippen LogP contribution in [0.2, 0.25) is 0 Å². The van der Waals surface area contributed by atoms with Gasteiger partial charge in [0, 0.05) is 13.0 Å². The van der Waals surface area contributed by atoms with Gasteiger partial charge in [0.2, 0.25) is 0 Å². The summed E-state index contributed by atoms with van der Waals surface area (Å²) >= 11 is 0. The summed E-state index contributed by atoms with van der Waals surface area (Å²) in [5.41, 5.74) is 0.467. The Morgan fingerprint density at radius 3 is 2.42 bits per heavy atom. The highest BCUT2D eigenvalue weighted by Gasteiger charge is 2.45. The molecule has 0 radical (unpaired) electrons. The van der Waals surface area contributed by atoms with E-state index in [4.69, 9.17) is 10.00 Å². The Morgan fingerprint density at radius 1 is 1.16 bits per heavy atom. The van der Waals surface area contributed by atoms with Gasteiger partial charge in [-0.15, -0.1) is 0 Å². The molecule has 2 heteroatoms. The first-order chi connectivity index (χ1) is 8.84. The first kappa shape index (κ1) is 16.5. The van der Waals surface area contributed by atoms with Crippen molar-refractivity contribution in [2.24, 2.45) is 22.7 Å². The van der Waals surface area contributed by atoms with Gasteiger partial charge < -0.3 is 4.74 Å². The van der Waals surface area contributed by atoms with Crippen LogP contribution in [-0.4, -0.2) is 13.2 Å². The molecule has 1 rings (SSSR count). The van der Waals surface area contributed by atoms with E-state index in [0.29, 0.717) is 5.92 Å². The third-order valence-corrected chi connectivity index (χ3v) is 5.13. The zero-order valence-corrected chi connectivity index (χ0v) is 13.5. The Labute approximate surface area is 119 Å². The lowest BCUT2D eigenvalue weighted by Crippen LogP contribution is -2.37. The lowest BCUT2D eigenvalue weighted by atomic mass is 9.65. The van der Waals surface area contributed by atoms with Crippen LogP contribution in [0.5, 0.6) is 0 Å². The minimum absolute atomic E-state index is 0.195. The number of ether oxygens (including phenoxy) is 1. The Hall–Kier alpha value is -0.550. The molecule has 110 valence electrons. The monoisotopic (exact) mass is 265 g/mol. The Bertz CT molecular complexity index is 314. The Kier molecular flexibility index (Phi) is 5.86. The van der Waals surface area contributed by atoms with E-state index in [0.717, 1.165) is 32.0 Å². The molecular formula is C17H31NO. The van der Waals surface area contributed by atoms with Crippen molar-refractivity contribution >= 4 is 0 Å². The molecule has 2 atom stereocenters. The fourth-order valence-corrected chi connectivity index (χ4v) is 2.63. The number of nitrogens with zero attached hydrogens (tertiary/aromatic N) is 1. The molecule has 19 heavy (non-hydrogen) atoms. The first-order valence-corrected chi connectivity index (χ1v) is 7.79. The molecule has 0 bridgehead atoms. The van der Waals surface area contributed by atoms with E-state index in [9.17, 15) is 0 Å². The van der Waals surface area contributed by atoms with Crippen molar-refractivity contribution < 1.29 is 4.74 Å². The standard InChI is InChI=1S/C17H31NO/c1-6-7-10-19-13-17(4,5)16(2,3)12-15-11-14(15)8-9-18/h14-15H,6-8,10-13H2,1-5H3. The van der Waals surface area contributed by atoms with E-state index in [1.54, 1.807) is 0 Å². The fourth-order valence-electron chi connectivity index (χ4n) is 2.63. The number of unbranched alkanes of at least 4 members (excludes halogenated alkanes) is 1. The second-order valence-corrected chi connectivity index (χ2v) is 7.50. The highest BCUT2D eigenvalue weighted by Crippen LogP contribution is 2.53. The molecular weight excluding hydrogens is 234 g/mol. The zero-order chi connectivity index (χ0) is 14.5. The van der Waals surface area contributed by atoms with Crippen LogP contribution in [0, 0.1) is 34.0 Å². The van der Waals surface area contributed by atoms with Gasteiger partial charge in [0.25, 0.3) is 0 Å². The van der Waals surface area contributed by atoms with E-state index in [-0.39, 0.29) is 10.8 Å². The average Bonchev–Trinajstić information content (AvgIpc) is 3.02. The molecule has 1 aliphatic carbocycles. The molecule has 0 aliphatic heterocycles. The van der Waals surface area contributed by atoms with Crippen LogP contribution in [0.3, 0.4) is 0 Å². The highest BCUT2D eigenvalue weighted by molar-refractivity contribution is 4.98. The third-order valence-electron chi connectivity index (χ3n) is 5.13. The summed E-state index contributed by atoms with van der Waals surface area (Å²) in [6, 6.07) is 2.31. The first-order valence-electron chi connectivity index (χ1n) is 7.79. The Balaban J connectivity index is 2.39. The van der Waals surface area contributed by atoms with E-state index in [1.165, 1.54) is 19.3 Å². The maximum absolute atomic E-state index is 8.75. The van der Waals surface area contributed by atoms with Crippen molar-refractivity contribution in [3.05, 3.63) is 0 Å². The van der Waals surface area contributed by atoms with Crippen LogP contribution in [0.1, 0.15) is 66.7 Å². The molecule has 2 unspecified atom stereocenters. The molecule has 0 aromatic carbocycles. The van der Waals surface area contributed by atoms with Crippen molar-refractivity contribution in [3.8, 4) is 6.07 Å². The molecule has 0 aromatic heterocycles. The van der Waals surface area contributed by atoms with Gasteiger partial charge in [-0.25, -0.2) is 0 Å². The van der Waals surface area contributed by atoms with Gasteiger partial charge in [-0.1, -0.05) is 41.0 Å². The SMILES string of the molecule is CCCCOCC(C)(C)C(C)(C)CC1CC1CC#N. The minimum Gasteiger partial charge on any atom is -0.381 e. The van der Waals surface area contributed by atoms with Gasteiger partial charge >= 0.3 is 0 Å². The van der Waals surface area contributed by atoms with Gasteiger partial charge in [0.05, 0.1) is 12.7 Å². The van der Waals surface area contributed by atoms with E-state index in [2.05, 4.69) is 40.7 Å². The van der Waals surface area contributed by atoms with Crippen molar-refractivity contribution in [3.63, 3.8) is 0 Å².